The SMILES string of the molecule is O=C(CN(C(=O)c1ccco1)C1CCCCC1)N(Cc1ccccc1)Cc1cccs1. The van der Waals surface area contributed by atoms with Gasteiger partial charge in [-0.25, -0.2) is 0 Å². The number of carbonyl (C=O) groups is 2. The second-order valence-electron chi connectivity index (χ2n) is 8.02. The van der Waals surface area contributed by atoms with Crippen molar-refractivity contribution >= 4 is 23.2 Å². The van der Waals surface area contributed by atoms with Gasteiger partial charge in [0.15, 0.2) is 5.76 Å². The molecule has 0 N–H and O–H groups in total. The molecule has 1 aliphatic rings. The quantitative estimate of drug-likeness (QED) is 0.479. The predicted octanol–water partition coefficient (Wildman–Crippen LogP) is 5.35. The average Bonchev–Trinajstić information content (AvgIpc) is 3.52. The minimum absolute atomic E-state index is 0.0391. The van der Waals surface area contributed by atoms with Gasteiger partial charge in [-0.15, -0.1) is 11.3 Å². The van der Waals surface area contributed by atoms with Gasteiger partial charge in [-0.05, 0) is 42.0 Å². The normalized spacial score (nSPS) is 14.3. The lowest BCUT2D eigenvalue weighted by Crippen LogP contribution is -2.47. The first-order valence-electron chi connectivity index (χ1n) is 10.9. The third-order valence-corrected chi connectivity index (χ3v) is 6.67. The summed E-state index contributed by atoms with van der Waals surface area (Å²) in [5.74, 6) is 0.0648. The van der Waals surface area contributed by atoms with Crippen molar-refractivity contribution in [3.8, 4) is 0 Å². The molecular weight excluding hydrogens is 408 g/mol. The Kier molecular flexibility index (Phi) is 7.20. The molecule has 5 nitrogen and oxygen atoms in total. The van der Waals surface area contributed by atoms with E-state index in [-0.39, 0.29) is 24.4 Å². The summed E-state index contributed by atoms with van der Waals surface area (Å²) < 4.78 is 5.38. The van der Waals surface area contributed by atoms with Crippen LogP contribution < -0.4 is 0 Å². The number of nitrogens with zero attached hydrogens (tertiary/aromatic N) is 2. The van der Waals surface area contributed by atoms with E-state index >= 15 is 0 Å². The first kappa shape index (κ1) is 21.4. The number of amides is 2. The number of hydrogen-bond acceptors (Lipinski definition) is 4. The van der Waals surface area contributed by atoms with Crippen molar-refractivity contribution in [2.75, 3.05) is 6.54 Å². The van der Waals surface area contributed by atoms with Gasteiger partial charge in [-0.3, -0.25) is 9.59 Å². The molecule has 0 aliphatic heterocycles. The zero-order valence-corrected chi connectivity index (χ0v) is 18.4. The first-order valence-corrected chi connectivity index (χ1v) is 11.8. The highest BCUT2D eigenvalue weighted by molar-refractivity contribution is 7.09. The molecule has 0 saturated heterocycles. The molecule has 162 valence electrons. The molecule has 6 heteroatoms. The lowest BCUT2D eigenvalue weighted by molar-refractivity contribution is -0.133. The molecule has 0 radical (unpaired) electrons. The van der Waals surface area contributed by atoms with Gasteiger partial charge in [-0.2, -0.15) is 0 Å². The van der Waals surface area contributed by atoms with Crippen molar-refractivity contribution in [1.29, 1.82) is 0 Å². The minimum Gasteiger partial charge on any atom is -0.459 e. The lowest BCUT2D eigenvalue weighted by Gasteiger charge is -2.35. The van der Waals surface area contributed by atoms with Crippen molar-refractivity contribution < 1.29 is 14.0 Å². The van der Waals surface area contributed by atoms with Gasteiger partial charge in [0.25, 0.3) is 5.91 Å². The fourth-order valence-electron chi connectivity index (χ4n) is 4.17. The molecule has 0 unspecified atom stereocenters. The van der Waals surface area contributed by atoms with Crippen LogP contribution in [0, 0.1) is 0 Å². The molecule has 31 heavy (non-hydrogen) atoms. The molecule has 4 rings (SSSR count). The fourth-order valence-corrected chi connectivity index (χ4v) is 4.89. The van der Waals surface area contributed by atoms with Crippen molar-refractivity contribution in [2.45, 2.75) is 51.2 Å². The number of carbonyl (C=O) groups excluding carboxylic acids is 2. The molecule has 2 amide bonds. The van der Waals surface area contributed by atoms with E-state index < -0.39 is 0 Å². The summed E-state index contributed by atoms with van der Waals surface area (Å²) >= 11 is 1.64. The molecule has 0 atom stereocenters. The molecule has 3 aromatic rings. The highest BCUT2D eigenvalue weighted by Crippen LogP contribution is 2.25. The van der Waals surface area contributed by atoms with Crippen molar-refractivity contribution in [1.82, 2.24) is 9.80 Å². The van der Waals surface area contributed by atoms with E-state index in [1.165, 1.54) is 12.7 Å². The van der Waals surface area contributed by atoms with Crippen LogP contribution in [0.1, 0.15) is 53.1 Å². The first-order chi connectivity index (χ1) is 15.2. The Hall–Kier alpha value is -2.86. The molecule has 1 fully saturated rings. The van der Waals surface area contributed by atoms with Crippen LogP contribution in [0.4, 0.5) is 0 Å². The van der Waals surface area contributed by atoms with Gasteiger partial charge in [-0.1, -0.05) is 55.7 Å². The van der Waals surface area contributed by atoms with Crippen LogP contribution in [-0.4, -0.2) is 34.2 Å². The van der Waals surface area contributed by atoms with E-state index in [9.17, 15) is 9.59 Å². The molecule has 2 aromatic heterocycles. The standard InChI is InChI=1S/C25H28N2O3S/c28-24(26(18-22-13-8-16-31-22)17-20-9-3-1-4-10-20)19-27(21-11-5-2-6-12-21)25(29)23-14-7-15-30-23/h1,3-4,7-10,13-16,21H,2,5-6,11-12,17-19H2. The fraction of sp³-hybridized carbons (Fsp3) is 0.360. The molecule has 1 aromatic carbocycles. The third kappa shape index (κ3) is 5.64. The number of thiophene rings is 1. The van der Waals surface area contributed by atoms with Gasteiger partial charge >= 0.3 is 0 Å². The van der Waals surface area contributed by atoms with E-state index in [0.717, 1.165) is 36.1 Å². The third-order valence-electron chi connectivity index (χ3n) is 5.81. The summed E-state index contributed by atoms with van der Waals surface area (Å²) in [6.45, 7) is 1.13. The van der Waals surface area contributed by atoms with Gasteiger partial charge in [0, 0.05) is 17.5 Å². The Morgan fingerprint density at radius 3 is 2.42 bits per heavy atom. The van der Waals surface area contributed by atoms with Crippen LogP contribution in [-0.2, 0) is 17.9 Å². The number of rotatable bonds is 8. The number of hydrogen-bond donors (Lipinski definition) is 0. The lowest BCUT2D eigenvalue weighted by atomic mass is 9.94. The summed E-state index contributed by atoms with van der Waals surface area (Å²) in [6.07, 6.45) is 6.73. The average molecular weight is 437 g/mol. The van der Waals surface area contributed by atoms with Gasteiger partial charge < -0.3 is 14.2 Å². The summed E-state index contributed by atoms with van der Waals surface area (Å²) in [5, 5.41) is 2.02. The Morgan fingerprint density at radius 2 is 1.74 bits per heavy atom. The van der Waals surface area contributed by atoms with Crippen LogP contribution >= 0.6 is 11.3 Å². The zero-order chi connectivity index (χ0) is 21.5. The molecule has 1 saturated carbocycles. The maximum absolute atomic E-state index is 13.5. The Balaban J connectivity index is 1.54. The largest absolute Gasteiger partial charge is 0.459 e. The number of furan rings is 1. The Morgan fingerprint density at radius 1 is 0.935 bits per heavy atom. The van der Waals surface area contributed by atoms with E-state index in [4.69, 9.17) is 4.42 Å². The van der Waals surface area contributed by atoms with Gasteiger partial charge in [0.2, 0.25) is 5.91 Å². The summed E-state index contributed by atoms with van der Waals surface area (Å²) in [5.41, 5.74) is 1.08. The second-order valence-corrected chi connectivity index (χ2v) is 9.05. The minimum atomic E-state index is -0.193. The van der Waals surface area contributed by atoms with Crippen LogP contribution in [0.5, 0.6) is 0 Å². The summed E-state index contributed by atoms with van der Waals surface area (Å²) in [4.78, 5) is 31.4. The van der Waals surface area contributed by atoms with E-state index in [2.05, 4.69) is 0 Å². The highest BCUT2D eigenvalue weighted by Gasteiger charge is 2.31. The zero-order valence-electron chi connectivity index (χ0n) is 17.6. The molecule has 2 heterocycles. The molecule has 1 aliphatic carbocycles. The maximum atomic E-state index is 13.5. The van der Waals surface area contributed by atoms with Crippen molar-refractivity contribution in [3.05, 3.63) is 82.4 Å². The van der Waals surface area contributed by atoms with E-state index in [1.807, 2.05) is 52.7 Å². The van der Waals surface area contributed by atoms with Crippen LogP contribution in [0.25, 0.3) is 0 Å². The van der Waals surface area contributed by atoms with Crippen LogP contribution in [0.15, 0.2) is 70.7 Å². The van der Waals surface area contributed by atoms with Gasteiger partial charge in [0.1, 0.15) is 6.54 Å². The molecular formula is C25H28N2O3S. The van der Waals surface area contributed by atoms with Crippen molar-refractivity contribution in [2.24, 2.45) is 0 Å². The van der Waals surface area contributed by atoms with Crippen LogP contribution in [0.3, 0.4) is 0 Å². The van der Waals surface area contributed by atoms with E-state index in [0.29, 0.717) is 18.8 Å². The topological polar surface area (TPSA) is 53.8 Å². The smallest absolute Gasteiger partial charge is 0.290 e. The van der Waals surface area contributed by atoms with Crippen LogP contribution in [0.2, 0.25) is 0 Å². The Labute approximate surface area is 187 Å². The van der Waals surface area contributed by atoms with Gasteiger partial charge in [0.05, 0.1) is 12.8 Å². The Bertz CT molecular complexity index is 948. The van der Waals surface area contributed by atoms with Crippen molar-refractivity contribution in [3.63, 3.8) is 0 Å². The molecule has 0 spiro atoms. The van der Waals surface area contributed by atoms with E-state index in [1.54, 1.807) is 28.4 Å². The second kappa shape index (κ2) is 10.4. The monoisotopic (exact) mass is 436 g/mol. The predicted molar refractivity (Wildman–Crippen MR) is 122 cm³/mol. The maximum Gasteiger partial charge on any atom is 0.290 e. The summed E-state index contributed by atoms with van der Waals surface area (Å²) in [7, 11) is 0. The summed E-state index contributed by atoms with van der Waals surface area (Å²) in [6, 6.07) is 17.5. The molecule has 0 bridgehead atoms. The number of benzene rings is 1. The highest BCUT2D eigenvalue weighted by atomic mass is 32.1.